The Labute approximate surface area is 185 Å². The fourth-order valence-corrected chi connectivity index (χ4v) is 3.74. The van der Waals surface area contributed by atoms with E-state index in [1.807, 2.05) is 67.7 Å². The Kier molecular flexibility index (Phi) is 5.41. The van der Waals surface area contributed by atoms with Gasteiger partial charge in [0.05, 0.1) is 6.54 Å². The minimum atomic E-state index is -0.0509. The molecule has 162 valence electrons. The van der Waals surface area contributed by atoms with Gasteiger partial charge in [0.2, 0.25) is 5.82 Å². The van der Waals surface area contributed by atoms with Crippen LogP contribution >= 0.6 is 0 Å². The molecule has 8 heteroatoms. The third-order valence-electron chi connectivity index (χ3n) is 5.48. The van der Waals surface area contributed by atoms with Gasteiger partial charge in [-0.15, -0.1) is 0 Å². The average Bonchev–Trinajstić information content (AvgIpc) is 3.60. The van der Waals surface area contributed by atoms with E-state index >= 15 is 0 Å². The average molecular weight is 429 g/mol. The second-order valence-corrected chi connectivity index (χ2v) is 7.65. The standard InChI is InChI=1S/C24H23N5O3/c1-2-29-15-13-21(26-29)24(30)28-14-12-20(16-28)31-19-10-8-17(9-11-19)22-25-23(32-27-22)18-6-4-3-5-7-18/h3-11,13,15,20H,2,12,14,16H2,1H3. The van der Waals surface area contributed by atoms with Crippen molar-refractivity contribution in [2.24, 2.45) is 0 Å². The maximum Gasteiger partial charge on any atom is 0.274 e. The number of hydrogen-bond acceptors (Lipinski definition) is 6. The van der Waals surface area contributed by atoms with Crippen LogP contribution in [0, 0.1) is 0 Å². The molecule has 3 heterocycles. The summed E-state index contributed by atoms with van der Waals surface area (Å²) in [5, 5.41) is 8.39. The second-order valence-electron chi connectivity index (χ2n) is 7.65. The Bertz CT molecular complexity index is 1200. The van der Waals surface area contributed by atoms with Crippen LogP contribution in [-0.4, -0.2) is 49.9 Å². The highest BCUT2D eigenvalue weighted by molar-refractivity contribution is 5.92. The van der Waals surface area contributed by atoms with Crippen molar-refractivity contribution in [3.63, 3.8) is 0 Å². The molecule has 5 rings (SSSR count). The Balaban J connectivity index is 1.20. The van der Waals surface area contributed by atoms with Crippen molar-refractivity contribution in [1.29, 1.82) is 0 Å². The van der Waals surface area contributed by atoms with Crippen LogP contribution in [0.5, 0.6) is 5.75 Å². The number of likely N-dealkylation sites (tertiary alicyclic amines) is 1. The van der Waals surface area contributed by atoms with Gasteiger partial charge in [-0.3, -0.25) is 9.48 Å². The summed E-state index contributed by atoms with van der Waals surface area (Å²) in [6.45, 7) is 3.94. The SMILES string of the molecule is CCn1ccc(C(=O)N2CCC(Oc3ccc(-c4noc(-c5ccccc5)n4)cc3)C2)n1. The molecule has 8 nitrogen and oxygen atoms in total. The van der Waals surface area contributed by atoms with E-state index in [0.717, 1.165) is 29.8 Å². The van der Waals surface area contributed by atoms with Crippen molar-refractivity contribution in [2.75, 3.05) is 13.1 Å². The fourth-order valence-electron chi connectivity index (χ4n) is 3.74. The molecular weight excluding hydrogens is 406 g/mol. The Hall–Kier alpha value is -3.94. The normalized spacial score (nSPS) is 15.8. The molecule has 0 aliphatic carbocycles. The lowest BCUT2D eigenvalue weighted by atomic mass is 10.2. The lowest BCUT2D eigenvalue weighted by Gasteiger charge is -2.16. The summed E-state index contributed by atoms with van der Waals surface area (Å²) >= 11 is 0. The van der Waals surface area contributed by atoms with Crippen molar-refractivity contribution >= 4 is 5.91 Å². The summed E-state index contributed by atoms with van der Waals surface area (Å²) in [4.78, 5) is 18.9. The van der Waals surface area contributed by atoms with E-state index in [1.54, 1.807) is 15.6 Å². The van der Waals surface area contributed by atoms with Gasteiger partial charge in [0.1, 0.15) is 17.5 Å². The van der Waals surface area contributed by atoms with Crippen LogP contribution in [0.4, 0.5) is 0 Å². The monoisotopic (exact) mass is 429 g/mol. The minimum absolute atomic E-state index is 0.0482. The van der Waals surface area contributed by atoms with E-state index in [0.29, 0.717) is 30.5 Å². The van der Waals surface area contributed by atoms with Gasteiger partial charge in [0.25, 0.3) is 11.8 Å². The summed E-state index contributed by atoms with van der Waals surface area (Å²) in [5.41, 5.74) is 2.21. The molecule has 0 saturated carbocycles. The lowest BCUT2D eigenvalue weighted by molar-refractivity contribution is 0.0765. The first-order valence-electron chi connectivity index (χ1n) is 10.7. The molecule has 32 heavy (non-hydrogen) atoms. The molecule has 0 bridgehead atoms. The maximum absolute atomic E-state index is 12.7. The van der Waals surface area contributed by atoms with Gasteiger partial charge in [0, 0.05) is 36.8 Å². The van der Waals surface area contributed by atoms with E-state index in [-0.39, 0.29) is 12.0 Å². The molecule has 4 aromatic rings. The molecule has 1 amide bonds. The van der Waals surface area contributed by atoms with Gasteiger partial charge in [-0.25, -0.2) is 0 Å². The summed E-state index contributed by atoms with van der Waals surface area (Å²) in [5.74, 6) is 1.71. The van der Waals surface area contributed by atoms with E-state index in [9.17, 15) is 4.79 Å². The second kappa shape index (κ2) is 8.66. The lowest BCUT2D eigenvalue weighted by Crippen LogP contribution is -2.31. The molecule has 1 saturated heterocycles. The number of rotatable bonds is 6. The van der Waals surface area contributed by atoms with E-state index in [4.69, 9.17) is 9.26 Å². The predicted molar refractivity (Wildman–Crippen MR) is 118 cm³/mol. The molecule has 1 aliphatic heterocycles. The molecule has 0 N–H and O–H groups in total. The van der Waals surface area contributed by atoms with Crippen molar-refractivity contribution < 1.29 is 14.1 Å². The molecule has 2 aromatic heterocycles. The number of carbonyl (C=O) groups is 1. The third-order valence-corrected chi connectivity index (χ3v) is 5.48. The highest BCUT2D eigenvalue weighted by atomic mass is 16.5. The van der Waals surface area contributed by atoms with Crippen molar-refractivity contribution in [1.82, 2.24) is 24.8 Å². The Morgan fingerprint density at radius 3 is 2.66 bits per heavy atom. The summed E-state index contributed by atoms with van der Waals surface area (Å²) in [6, 6.07) is 19.0. The van der Waals surface area contributed by atoms with Gasteiger partial charge in [-0.1, -0.05) is 23.4 Å². The van der Waals surface area contributed by atoms with Crippen molar-refractivity contribution in [2.45, 2.75) is 26.0 Å². The van der Waals surface area contributed by atoms with Gasteiger partial charge in [0.15, 0.2) is 0 Å². The van der Waals surface area contributed by atoms with Gasteiger partial charge in [-0.05, 0) is 49.4 Å². The smallest absolute Gasteiger partial charge is 0.274 e. The number of aromatic nitrogens is 4. The van der Waals surface area contributed by atoms with Crippen LogP contribution < -0.4 is 4.74 Å². The van der Waals surface area contributed by atoms with Crippen LogP contribution in [0.25, 0.3) is 22.8 Å². The van der Waals surface area contributed by atoms with E-state index < -0.39 is 0 Å². The van der Waals surface area contributed by atoms with Crippen molar-refractivity contribution in [3.8, 4) is 28.6 Å². The molecule has 0 radical (unpaired) electrons. The fraction of sp³-hybridized carbons (Fsp3) is 0.250. The largest absolute Gasteiger partial charge is 0.489 e. The molecule has 1 aliphatic rings. The number of amides is 1. The van der Waals surface area contributed by atoms with Gasteiger partial charge < -0.3 is 14.2 Å². The number of carbonyl (C=O) groups excluding carboxylic acids is 1. The van der Waals surface area contributed by atoms with Crippen LogP contribution in [-0.2, 0) is 6.54 Å². The third kappa shape index (κ3) is 4.12. The molecule has 2 aromatic carbocycles. The number of aryl methyl sites for hydroxylation is 1. The summed E-state index contributed by atoms with van der Waals surface area (Å²) < 4.78 is 13.2. The highest BCUT2D eigenvalue weighted by Gasteiger charge is 2.29. The Morgan fingerprint density at radius 1 is 1.09 bits per heavy atom. The molecular formula is C24H23N5O3. The van der Waals surface area contributed by atoms with Crippen LogP contribution in [0.1, 0.15) is 23.8 Å². The van der Waals surface area contributed by atoms with Crippen LogP contribution in [0.2, 0.25) is 0 Å². The first kappa shape index (κ1) is 20.0. The summed E-state index contributed by atoms with van der Waals surface area (Å²) in [7, 11) is 0. The number of hydrogen-bond donors (Lipinski definition) is 0. The van der Waals surface area contributed by atoms with Crippen LogP contribution in [0.15, 0.2) is 71.4 Å². The predicted octanol–water partition coefficient (Wildman–Crippen LogP) is 3.91. The van der Waals surface area contributed by atoms with E-state index in [1.165, 1.54) is 0 Å². The molecule has 0 spiro atoms. The number of benzene rings is 2. The molecule has 1 fully saturated rings. The maximum atomic E-state index is 12.7. The quantitative estimate of drug-likeness (QED) is 0.462. The zero-order valence-electron chi connectivity index (χ0n) is 17.7. The van der Waals surface area contributed by atoms with Crippen LogP contribution in [0.3, 0.4) is 0 Å². The number of nitrogens with zero attached hydrogens (tertiary/aromatic N) is 5. The van der Waals surface area contributed by atoms with E-state index in [2.05, 4.69) is 15.2 Å². The first-order chi connectivity index (χ1) is 15.7. The topological polar surface area (TPSA) is 86.3 Å². The zero-order chi connectivity index (χ0) is 21.9. The van der Waals surface area contributed by atoms with Gasteiger partial charge >= 0.3 is 0 Å². The number of ether oxygens (including phenoxy) is 1. The highest BCUT2D eigenvalue weighted by Crippen LogP contribution is 2.25. The molecule has 1 unspecified atom stereocenters. The zero-order valence-corrected chi connectivity index (χ0v) is 17.7. The Morgan fingerprint density at radius 2 is 1.91 bits per heavy atom. The minimum Gasteiger partial charge on any atom is -0.489 e. The first-order valence-corrected chi connectivity index (χ1v) is 10.7. The molecule has 1 atom stereocenters. The van der Waals surface area contributed by atoms with Crippen molar-refractivity contribution in [3.05, 3.63) is 72.6 Å². The summed E-state index contributed by atoms with van der Waals surface area (Å²) in [6.07, 6.45) is 2.56. The van der Waals surface area contributed by atoms with Gasteiger partial charge in [-0.2, -0.15) is 10.1 Å².